The Morgan fingerprint density at radius 1 is 1.50 bits per heavy atom. The predicted molar refractivity (Wildman–Crippen MR) is 75.2 cm³/mol. The summed E-state index contributed by atoms with van der Waals surface area (Å²) in [5.74, 6) is 0.652. The second-order valence-corrected chi connectivity index (χ2v) is 4.93. The van der Waals surface area contributed by atoms with Crippen molar-refractivity contribution in [2.45, 2.75) is 12.8 Å². The maximum absolute atomic E-state index is 9.03. The first-order valence-corrected chi connectivity index (χ1v) is 6.37. The number of nitriles is 1. The maximum Gasteiger partial charge on any atom is 0.245 e. The summed E-state index contributed by atoms with van der Waals surface area (Å²) in [6.45, 7) is 1.88. The van der Waals surface area contributed by atoms with Gasteiger partial charge in [0.1, 0.15) is 5.82 Å². The highest BCUT2D eigenvalue weighted by molar-refractivity contribution is 6.29. The molecule has 0 fully saturated rings. The van der Waals surface area contributed by atoms with Gasteiger partial charge >= 0.3 is 0 Å². The van der Waals surface area contributed by atoms with Crippen LogP contribution in [0.25, 0.3) is 0 Å². The molecule has 20 heavy (non-hydrogen) atoms. The zero-order chi connectivity index (χ0) is 14.3. The van der Waals surface area contributed by atoms with E-state index < -0.39 is 0 Å². The lowest BCUT2D eigenvalue weighted by Gasteiger charge is -2.24. The molecule has 0 bridgehead atoms. The summed E-state index contributed by atoms with van der Waals surface area (Å²) in [6.07, 6.45) is 0. The van der Waals surface area contributed by atoms with Crippen molar-refractivity contribution in [2.75, 3.05) is 5.73 Å². The van der Waals surface area contributed by atoms with Crippen LogP contribution in [-0.4, -0.2) is 10.2 Å². The summed E-state index contributed by atoms with van der Waals surface area (Å²) >= 11 is 6.12. The molecule has 1 aliphatic heterocycles. The van der Waals surface area contributed by atoms with E-state index in [0.717, 1.165) is 16.7 Å². The number of rotatable bonds is 1. The molecule has 0 amide bonds. The summed E-state index contributed by atoms with van der Waals surface area (Å²) in [5, 5.41) is 16.0. The van der Waals surface area contributed by atoms with Gasteiger partial charge in [0, 0.05) is 5.92 Å². The number of aromatic amines is 1. The molecule has 1 aliphatic rings. The monoisotopic (exact) mass is 286 g/mol. The molecule has 2 heterocycles. The van der Waals surface area contributed by atoms with E-state index in [1.807, 2.05) is 25.1 Å². The van der Waals surface area contributed by atoms with Crippen LogP contribution in [0.2, 0.25) is 0 Å². The SMILES string of the molecule is CC1=C(Cl)Oc2n[nH]c(N)c2C1c1cccc(C#N)c1. The first-order valence-electron chi connectivity index (χ1n) is 5.99. The van der Waals surface area contributed by atoms with Gasteiger partial charge in [0.05, 0.1) is 17.2 Å². The molecule has 1 unspecified atom stereocenters. The van der Waals surface area contributed by atoms with Gasteiger partial charge in [0.15, 0.2) is 5.22 Å². The fourth-order valence-corrected chi connectivity index (χ4v) is 2.59. The normalized spacial score (nSPS) is 17.4. The number of hydrogen-bond acceptors (Lipinski definition) is 4. The van der Waals surface area contributed by atoms with E-state index in [0.29, 0.717) is 17.3 Å². The highest BCUT2D eigenvalue weighted by atomic mass is 35.5. The van der Waals surface area contributed by atoms with Crippen molar-refractivity contribution in [1.29, 1.82) is 5.26 Å². The fraction of sp³-hybridized carbons (Fsp3) is 0.143. The summed E-state index contributed by atoms with van der Waals surface area (Å²) < 4.78 is 5.43. The zero-order valence-electron chi connectivity index (χ0n) is 10.6. The minimum atomic E-state index is -0.168. The Bertz CT molecular complexity index is 757. The van der Waals surface area contributed by atoms with Crippen molar-refractivity contribution in [3.05, 3.63) is 51.7 Å². The molecule has 0 aliphatic carbocycles. The minimum absolute atomic E-state index is 0.168. The number of nitrogens with one attached hydrogen (secondary N) is 1. The molecule has 0 radical (unpaired) electrons. The molecule has 1 aromatic heterocycles. The molecule has 3 N–H and O–H groups in total. The third-order valence-corrected chi connectivity index (χ3v) is 3.74. The van der Waals surface area contributed by atoms with Crippen LogP contribution in [0.4, 0.5) is 5.82 Å². The summed E-state index contributed by atoms with van der Waals surface area (Å²) in [6, 6.07) is 9.47. The zero-order valence-corrected chi connectivity index (χ0v) is 11.4. The van der Waals surface area contributed by atoms with Gasteiger partial charge in [-0.25, -0.2) is 0 Å². The van der Waals surface area contributed by atoms with Crippen LogP contribution in [0, 0.1) is 11.3 Å². The number of halogens is 1. The van der Waals surface area contributed by atoms with Gasteiger partial charge in [-0.15, -0.1) is 5.10 Å². The standard InChI is InChI=1S/C14H11ClN4O/c1-7-10(9-4-2-3-8(5-9)6-16)11-13(17)18-19-14(11)20-12(7)15/h2-5,10H,1H3,(H3,17,18,19). The number of nitrogens with zero attached hydrogens (tertiary/aromatic N) is 2. The number of nitrogen functional groups attached to an aromatic ring is 1. The summed E-state index contributed by atoms with van der Waals surface area (Å²) in [5.41, 5.74) is 9.04. The van der Waals surface area contributed by atoms with Gasteiger partial charge < -0.3 is 10.5 Å². The van der Waals surface area contributed by atoms with Crippen LogP contribution in [0.3, 0.4) is 0 Å². The quantitative estimate of drug-likeness (QED) is 0.844. The van der Waals surface area contributed by atoms with Crippen molar-refractivity contribution in [1.82, 2.24) is 10.2 Å². The third kappa shape index (κ3) is 1.82. The fourth-order valence-electron chi connectivity index (χ4n) is 2.40. The van der Waals surface area contributed by atoms with E-state index >= 15 is 0 Å². The van der Waals surface area contributed by atoms with Crippen LogP contribution in [-0.2, 0) is 0 Å². The molecule has 1 aromatic carbocycles. The first kappa shape index (κ1) is 12.6. The molecule has 5 nitrogen and oxygen atoms in total. The predicted octanol–water partition coefficient (Wildman–Crippen LogP) is 2.86. The number of ether oxygens (including phenoxy) is 1. The van der Waals surface area contributed by atoms with Gasteiger partial charge in [0.2, 0.25) is 5.88 Å². The Balaban J connectivity index is 2.21. The van der Waals surface area contributed by atoms with Crippen molar-refractivity contribution < 1.29 is 4.74 Å². The number of nitrogens with two attached hydrogens (primary N) is 1. The lowest BCUT2D eigenvalue weighted by Crippen LogP contribution is -2.13. The second-order valence-electron chi connectivity index (χ2n) is 4.59. The average Bonchev–Trinajstić information content (AvgIpc) is 2.81. The van der Waals surface area contributed by atoms with Gasteiger partial charge in [-0.1, -0.05) is 12.1 Å². The Labute approximate surface area is 120 Å². The molecule has 1 atom stereocenters. The molecule has 0 saturated carbocycles. The Hall–Kier alpha value is -2.45. The lowest BCUT2D eigenvalue weighted by molar-refractivity contribution is 0.414. The number of hydrogen-bond donors (Lipinski definition) is 2. The number of H-pyrrole nitrogens is 1. The number of allylic oxidation sites excluding steroid dienone is 1. The van der Waals surface area contributed by atoms with Crippen LogP contribution >= 0.6 is 11.6 Å². The average molecular weight is 287 g/mol. The Morgan fingerprint density at radius 3 is 3.05 bits per heavy atom. The van der Waals surface area contributed by atoms with Crippen LogP contribution in [0.5, 0.6) is 5.88 Å². The smallest absolute Gasteiger partial charge is 0.245 e. The number of fused-ring (bicyclic) bond motifs is 1. The van der Waals surface area contributed by atoms with Crippen LogP contribution < -0.4 is 10.5 Å². The number of anilines is 1. The largest absolute Gasteiger partial charge is 0.425 e. The van der Waals surface area contributed by atoms with E-state index in [4.69, 9.17) is 27.3 Å². The highest BCUT2D eigenvalue weighted by Crippen LogP contribution is 2.45. The van der Waals surface area contributed by atoms with Crippen molar-refractivity contribution in [3.63, 3.8) is 0 Å². The Morgan fingerprint density at radius 2 is 2.30 bits per heavy atom. The summed E-state index contributed by atoms with van der Waals surface area (Å²) in [4.78, 5) is 0. The van der Waals surface area contributed by atoms with Gasteiger partial charge in [-0.05, 0) is 41.8 Å². The van der Waals surface area contributed by atoms with Crippen molar-refractivity contribution >= 4 is 17.4 Å². The molecule has 100 valence electrons. The van der Waals surface area contributed by atoms with Gasteiger partial charge in [-0.2, -0.15) is 5.26 Å². The molecule has 0 spiro atoms. The van der Waals surface area contributed by atoms with E-state index in [1.54, 1.807) is 6.07 Å². The maximum atomic E-state index is 9.03. The van der Waals surface area contributed by atoms with Crippen LogP contribution in [0.1, 0.15) is 29.5 Å². The molecular formula is C14H11ClN4O. The summed E-state index contributed by atoms with van der Waals surface area (Å²) in [7, 11) is 0. The molecule has 2 aromatic rings. The lowest BCUT2D eigenvalue weighted by atomic mass is 9.85. The van der Waals surface area contributed by atoms with E-state index in [2.05, 4.69) is 16.3 Å². The molecule has 0 saturated heterocycles. The number of benzene rings is 1. The van der Waals surface area contributed by atoms with E-state index in [9.17, 15) is 0 Å². The van der Waals surface area contributed by atoms with Crippen molar-refractivity contribution in [2.24, 2.45) is 0 Å². The van der Waals surface area contributed by atoms with Gasteiger partial charge in [-0.3, -0.25) is 5.10 Å². The Kier molecular flexibility index (Phi) is 2.88. The molecule has 3 rings (SSSR count). The minimum Gasteiger partial charge on any atom is -0.425 e. The molecule has 6 heteroatoms. The van der Waals surface area contributed by atoms with E-state index in [1.165, 1.54) is 0 Å². The second kappa shape index (κ2) is 4.58. The van der Waals surface area contributed by atoms with E-state index in [-0.39, 0.29) is 11.1 Å². The molecular weight excluding hydrogens is 276 g/mol. The van der Waals surface area contributed by atoms with Crippen molar-refractivity contribution in [3.8, 4) is 11.9 Å². The third-order valence-electron chi connectivity index (χ3n) is 3.37. The first-order chi connectivity index (χ1) is 9.61. The van der Waals surface area contributed by atoms with Crippen LogP contribution in [0.15, 0.2) is 35.1 Å². The topological polar surface area (TPSA) is 87.7 Å². The van der Waals surface area contributed by atoms with Gasteiger partial charge in [0.25, 0.3) is 0 Å². The number of aromatic nitrogens is 2. The highest BCUT2D eigenvalue weighted by Gasteiger charge is 2.32.